The highest BCUT2D eigenvalue weighted by atomic mass is 19.1. The summed E-state index contributed by atoms with van der Waals surface area (Å²) in [6.45, 7) is 3.74. The van der Waals surface area contributed by atoms with Crippen LogP contribution < -0.4 is 5.32 Å². The average Bonchev–Trinajstić information content (AvgIpc) is 2.83. The first-order valence-corrected chi connectivity index (χ1v) is 6.65. The van der Waals surface area contributed by atoms with Gasteiger partial charge in [0.15, 0.2) is 0 Å². The maximum Gasteiger partial charge on any atom is 0.220 e. The van der Waals surface area contributed by atoms with E-state index in [1.165, 1.54) is 12.1 Å². The Labute approximate surface area is 117 Å². The Morgan fingerprint density at radius 3 is 2.80 bits per heavy atom. The third kappa shape index (κ3) is 3.95. The normalized spacial score (nSPS) is 12.2. The fraction of sp³-hybridized carbons (Fsp3) is 0.312. The monoisotopic (exact) mass is 275 g/mol. The summed E-state index contributed by atoms with van der Waals surface area (Å²) in [6, 6.07) is 9.87. The van der Waals surface area contributed by atoms with Crippen LogP contribution in [0.15, 0.2) is 40.8 Å². The van der Waals surface area contributed by atoms with Gasteiger partial charge >= 0.3 is 0 Å². The molecule has 4 heteroatoms. The van der Waals surface area contributed by atoms with Crippen LogP contribution in [0.2, 0.25) is 0 Å². The Hall–Kier alpha value is -2.10. The summed E-state index contributed by atoms with van der Waals surface area (Å²) in [6.07, 6.45) is 0.848. The van der Waals surface area contributed by atoms with Crippen molar-refractivity contribution >= 4 is 5.91 Å². The van der Waals surface area contributed by atoms with E-state index >= 15 is 0 Å². The molecule has 1 aromatic heterocycles. The number of aryl methyl sites for hydroxylation is 2. The Kier molecular flexibility index (Phi) is 4.56. The lowest BCUT2D eigenvalue weighted by Crippen LogP contribution is -2.26. The van der Waals surface area contributed by atoms with Crippen molar-refractivity contribution in [2.24, 2.45) is 0 Å². The van der Waals surface area contributed by atoms with E-state index in [1.54, 1.807) is 6.07 Å². The third-order valence-corrected chi connectivity index (χ3v) is 3.10. The number of benzene rings is 1. The minimum Gasteiger partial charge on any atom is -0.464 e. The molecule has 1 N–H and O–H groups in total. The first kappa shape index (κ1) is 14.3. The highest BCUT2D eigenvalue weighted by Crippen LogP contribution is 2.15. The molecular formula is C16H18FNO2. The number of hydrogen-bond acceptors (Lipinski definition) is 2. The zero-order valence-corrected chi connectivity index (χ0v) is 11.7. The van der Waals surface area contributed by atoms with Gasteiger partial charge in [-0.05, 0) is 50.1 Å². The van der Waals surface area contributed by atoms with Gasteiger partial charge in [0, 0.05) is 6.42 Å². The molecule has 0 aliphatic rings. The zero-order valence-electron chi connectivity index (χ0n) is 11.7. The molecule has 20 heavy (non-hydrogen) atoms. The van der Waals surface area contributed by atoms with Crippen molar-refractivity contribution in [3.63, 3.8) is 0 Å². The van der Waals surface area contributed by atoms with Gasteiger partial charge < -0.3 is 9.73 Å². The van der Waals surface area contributed by atoms with E-state index in [2.05, 4.69) is 5.32 Å². The second-order valence-electron chi connectivity index (χ2n) is 4.87. The summed E-state index contributed by atoms with van der Waals surface area (Å²) in [5.41, 5.74) is 0.821. The number of hydrogen-bond donors (Lipinski definition) is 1. The van der Waals surface area contributed by atoms with Crippen LogP contribution >= 0.6 is 0 Å². The topological polar surface area (TPSA) is 42.2 Å². The van der Waals surface area contributed by atoms with Crippen LogP contribution in [0.1, 0.15) is 36.5 Å². The summed E-state index contributed by atoms with van der Waals surface area (Å²) in [7, 11) is 0. The lowest BCUT2D eigenvalue weighted by atomic mass is 10.1. The van der Waals surface area contributed by atoms with Crippen LogP contribution in [0.3, 0.4) is 0 Å². The molecule has 3 nitrogen and oxygen atoms in total. The van der Waals surface area contributed by atoms with Crippen molar-refractivity contribution in [1.82, 2.24) is 5.32 Å². The first-order chi connectivity index (χ1) is 9.54. The highest BCUT2D eigenvalue weighted by Gasteiger charge is 2.12. The van der Waals surface area contributed by atoms with Gasteiger partial charge in [0.2, 0.25) is 5.91 Å². The Bertz CT molecular complexity index is 592. The van der Waals surface area contributed by atoms with E-state index in [0.717, 1.165) is 17.1 Å². The Morgan fingerprint density at radius 2 is 2.15 bits per heavy atom. The average molecular weight is 275 g/mol. The van der Waals surface area contributed by atoms with E-state index < -0.39 is 0 Å². The molecule has 0 aliphatic carbocycles. The molecule has 0 spiro atoms. The summed E-state index contributed by atoms with van der Waals surface area (Å²) < 4.78 is 18.5. The number of halogens is 1. The third-order valence-electron chi connectivity index (χ3n) is 3.10. The second kappa shape index (κ2) is 6.37. The van der Waals surface area contributed by atoms with Gasteiger partial charge in [0.25, 0.3) is 0 Å². The molecule has 1 atom stereocenters. The predicted molar refractivity (Wildman–Crippen MR) is 74.7 cm³/mol. The number of carbonyl (C=O) groups excluding carboxylic acids is 1. The van der Waals surface area contributed by atoms with Gasteiger partial charge in [-0.2, -0.15) is 0 Å². The summed E-state index contributed by atoms with van der Waals surface area (Å²) in [5.74, 6) is 1.21. The standard InChI is InChI=1S/C16H18FNO2/c1-11-6-8-15(20-11)12(2)18-16(19)9-7-13-4-3-5-14(17)10-13/h3-6,8,10,12H,7,9H2,1-2H3,(H,18,19). The largest absolute Gasteiger partial charge is 0.464 e. The van der Waals surface area contributed by atoms with Crippen LogP contribution in [0, 0.1) is 12.7 Å². The SMILES string of the molecule is Cc1ccc(C(C)NC(=O)CCc2cccc(F)c2)o1. The smallest absolute Gasteiger partial charge is 0.220 e. The van der Waals surface area contributed by atoms with Gasteiger partial charge in [-0.25, -0.2) is 4.39 Å². The molecule has 106 valence electrons. The quantitative estimate of drug-likeness (QED) is 0.907. The van der Waals surface area contributed by atoms with Crippen LogP contribution in [-0.2, 0) is 11.2 Å². The predicted octanol–water partition coefficient (Wildman–Crippen LogP) is 3.54. The van der Waals surface area contributed by atoms with Gasteiger partial charge in [-0.15, -0.1) is 0 Å². The van der Waals surface area contributed by atoms with Crippen molar-refractivity contribution in [2.45, 2.75) is 32.7 Å². The van der Waals surface area contributed by atoms with Crippen molar-refractivity contribution < 1.29 is 13.6 Å². The molecule has 2 rings (SSSR count). The number of carbonyl (C=O) groups is 1. The lowest BCUT2D eigenvalue weighted by Gasteiger charge is -2.11. The molecule has 0 bridgehead atoms. The molecule has 0 aliphatic heterocycles. The van der Waals surface area contributed by atoms with E-state index in [-0.39, 0.29) is 17.8 Å². The van der Waals surface area contributed by atoms with Crippen LogP contribution in [0.4, 0.5) is 4.39 Å². The molecule has 1 amide bonds. The molecule has 1 heterocycles. The molecule has 1 unspecified atom stereocenters. The molecule has 0 saturated carbocycles. The molecule has 2 aromatic rings. The highest BCUT2D eigenvalue weighted by molar-refractivity contribution is 5.76. The molecular weight excluding hydrogens is 257 g/mol. The Morgan fingerprint density at radius 1 is 1.35 bits per heavy atom. The van der Waals surface area contributed by atoms with Gasteiger partial charge in [-0.1, -0.05) is 12.1 Å². The number of nitrogens with one attached hydrogen (secondary N) is 1. The number of rotatable bonds is 5. The van der Waals surface area contributed by atoms with Crippen LogP contribution in [0.25, 0.3) is 0 Å². The van der Waals surface area contributed by atoms with E-state index in [0.29, 0.717) is 12.8 Å². The fourth-order valence-corrected chi connectivity index (χ4v) is 2.02. The molecule has 1 aromatic carbocycles. The van der Waals surface area contributed by atoms with Gasteiger partial charge in [0.1, 0.15) is 17.3 Å². The van der Waals surface area contributed by atoms with Crippen molar-refractivity contribution in [3.05, 3.63) is 59.3 Å². The lowest BCUT2D eigenvalue weighted by molar-refractivity contribution is -0.121. The van der Waals surface area contributed by atoms with Crippen molar-refractivity contribution in [2.75, 3.05) is 0 Å². The van der Waals surface area contributed by atoms with Gasteiger partial charge in [0.05, 0.1) is 6.04 Å². The van der Waals surface area contributed by atoms with E-state index in [4.69, 9.17) is 4.42 Å². The fourth-order valence-electron chi connectivity index (χ4n) is 2.02. The Balaban J connectivity index is 1.83. The van der Waals surface area contributed by atoms with E-state index in [1.807, 2.05) is 32.0 Å². The summed E-state index contributed by atoms with van der Waals surface area (Å²) in [5, 5.41) is 2.87. The molecule has 0 fully saturated rings. The summed E-state index contributed by atoms with van der Waals surface area (Å²) >= 11 is 0. The van der Waals surface area contributed by atoms with Crippen LogP contribution in [-0.4, -0.2) is 5.91 Å². The number of amides is 1. The zero-order chi connectivity index (χ0) is 14.5. The van der Waals surface area contributed by atoms with Crippen LogP contribution in [0.5, 0.6) is 0 Å². The van der Waals surface area contributed by atoms with Crippen molar-refractivity contribution in [1.29, 1.82) is 0 Å². The summed E-state index contributed by atoms with van der Waals surface area (Å²) in [4.78, 5) is 11.8. The van der Waals surface area contributed by atoms with Gasteiger partial charge in [-0.3, -0.25) is 4.79 Å². The van der Waals surface area contributed by atoms with Crippen molar-refractivity contribution in [3.8, 4) is 0 Å². The minimum absolute atomic E-state index is 0.0733. The molecule has 0 radical (unpaired) electrons. The second-order valence-corrected chi connectivity index (χ2v) is 4.87. The molecule has 0 saturated heterocycles. The number of furan rings is 1. The maximum atomic E-state index is 13.0. The van der Waals surface area contributed by atoms with E-state index in [9.17, 15) is 9.18 Å². The first-order valence-electron chi connectivity index (χ1n) is 6.65. The minimum atomic E-state index is -0.276. The maximum absolute atomic E-state index is 13.0.